The van der Waals surface area contributed by atoms with Crippen molar-refractivity contribution in [1.82, 2.24) is 0 Å². The van der Waals surface area contributed by atoms with Crippen LogP contribution in [0.25, 0.3) is 0 Å². The number of ether oxygens (including phenoxy) is 1. The van der Waals surface area contributed by atoms with E-state index in [-0.39, 0.29) is 5.91 Å². The largest absolute Gasteiger partial charge is 0.495 e. The molecule has 0 aliphatic carbocycles. The molecule has 0 fully saturated rings. The molecule has 0 saturated heterocycles. The predicted molar refractivity (Wildman–Crippen MR) is 81.5 cm³/mol. The summed E-state index contributed by atoms with van der Waals surface area (Å²) in [6.07, 6.45) is 0. The molecule has 0 radical (unpaired) electrons. The van der Waals surface area contributed by atoms with Crippen LogP contribution in [0.1, 0.15) is 15.9 Å². The lowest BCUT2D eigenvalue weighted by atomic mass is 10.1. The maximum atomic E-state index is 12.1. The van der Waals surface area contributed by atoms with E-state index in [1.54, 1.807) is 36.4 Å². The molecule has 3 N–H and O–H groups in total. The van der Waals surface area contributed by atoms with Gasteiger partial charge in [0.25, 0.3) is 5.91 Å². The van der Waals surface area contributed by atoms with E-state index < -0.39 is 0 Å². The fraction of sp³-hybridized carbons (Fsp3) is 0.133. The van der Waals surface area contributed by atoms with E-state index in [0.717, 1.165) is 5.56 Å². The topological polar surface area (TPSA) is 64.3 Å². The lowest BCUT2D eigenvalue weighted by molar-refractivity contribution is 0.102. The van der Waals surface area contributed by atoms with Gasteiger partial charge in [-0.2, -0.15) is 0 Å². The second-order valence-corrected chi connectivity index (χ2v) is 4.84. The van der Waals surface area contributed by atoms with Crippen molar-refractivity contribution < 1.29 is 9.53 Å². The molecule has 5 heteroatoms. The van der Waals surface area contributed by atoms with Crippen LogP contribution in [0.15, 0.2) is 36.4 Å². The zero-order valence-electron chi connectivity index (χ0n) is 11.2. The van der Waals surface area contributed by atoms with E-state index >= 15 is 0 Å². The van der Waals surface area contributed by atoms with Crippen LogP contribution < -0.4 is 15.8 Å². The van der Waals surface area contributed by atoms with Crippen molar-refractivity contribution in [3.05, 3.63) is 52.5 Å². The third kappa shape index (κ3) is 3.22. The summed E-state index contributed by atoms with van der Waals surface area (Å²) in [5, 5.41) is 3.21. The van der Waals surface area contributed by atoms with E-state index in [0.29, 0.717) is 27.7 Å². The molecular formula is C15H15ClN2O2. The summed E-state index contributed by atoms with van der Waals surface area (Å²) < 4.78 is 5.06. The van der Waals surface area contributed by atoms with Crippen molar-refractivity contribution in [2.75, 3.05) is 18.2 Å². The number of aryl methyl sites for hydroxylation is 1. The molecule has 2 aromatic rings. The summed E-state index contributed by atoms with van der Waals surface area (Å²) in [7, 11) is 1.54. The van der Waals surface area contributed by atoms with Gasteiger partial charge in [0.2, 0.25) is 0 Å². The molecule has 4 nitrogen and oxygen atoms in total. The number of halogens is 1. The van der Waals surface area contributed by atoms with E-state index in [4.69, 9.17) is 22.1 Å². The Bertz CT molecular complexity index is 636. The maximum Gasteiger partial charge on any atom is 0.255 e. The van der Waals surface area contributed by atoms with E-state index in [2.05, 4.69) is 5.32 Å². The van der Waals surface area contributed by atoms with E-state index in [1.807, 2.05) is 6.92 Å². The Hall–Kier alpha value is -2.20. The van der Waals surface area contributed by atoms with Crippen LogP contribution >= 0.6 is 11.6 Å². The van der Waals surface area contributed by atoms with Crippen LogP contribution in [0.2, 0.25) is 5.02 Å². The number of carbonyl (C=O) groups excluding carboxylic acids is 1. The average Bonchev–Trinajstić information content (AvgIpc) is 2.37. The number of anilines is 2. The van der Waals surface area contributed by atoms with Crippen molar-refractivity contribution in [3.8, 4) is 5.75 Å². The first kappa shape index (κ1) is 14.2. The fourth-order valence-corrected chi connectivity index (χ4v) is 2.15. The molecule has 2 aromatic carbocycles. The summed E-state index contributed by atoms with van der Waals surface area (Å²) in [5.74, 6) is 0.325. The highest BCUT2D eigenvalue weighted by Crippen LogP contribution is 2.27. The first-order chi connectivity index (χ1) is 9.49. The predicted octanol–water partition coefficient (Wildman–Crippen LogP) is 3.49. The molecule has 0 spiro atoms. The number of hydrogen-bond acceptors (Lipinski definition) is 3. The minimum absolute atomic E-state index is 0.235. The molecule has 0 atom stereocenters. The van der Waals surface area contributed by atoms with Gasteiger partial charge < -0.3 is 15.8 Å². The number of carbonyl (C=O) groups is 1. The molecule has 0 aliphatic heterocycles. The molecule has 0 aromatic heterocycles. The van der Waals surface area contributed by atoms with Crippen LogP contribution in [-0.4, -0.2) is 13.0 Å². The molecule has 0 bridgehead atoms. The van der Waals surface area contributed by atoms with Crippen molar-refractivity contribution in [3.63, 3.8) is 0 Å². The Morgan fingerprint density at radius 1 is 1.25 bits per heavy atom. The minimum atomic E-state index is -0.235. The van der Waals surface area contributed by atoms with Gasteiger partial charge in [0.1, 0.15) is 5.75 Å². The van der Waals surface area contributed by atoms with Crippen LogP contribution in [-0.2, 0) is 0 Å². The van der Waals surface area contributed by atoms with Gasteiger partial charge in [-0.25, -0.2) is 0 Å². The second-order valence-electron chi connectivity index (χ2n) is 4.44. The minimum Gasteiger partial charge on any atom is -0.495 e. The molecule has 0 heterocycles. The van der Waals surface area contributed by atoms with Crippen molar-refractivity contribution in [2.45, 2.75) is 6.92 Å². The Kier molecular flexibility index (Phi) is 4.15. The van der Waals surface area contributed by atoms with Crippen LogP contribution in [0, 0.1) is 6.92 Å². The number of methoxy groups -OCH3 is 1. The number of rotatable bonds is 3. The Morgan fingerprint density at radius 2 is 2.00 bits per heavy atom. The van der Waals surface area contributed by atoms with Crippen LogP contribution in [0.3, 0.4) is 0 Å². The summed E-state index contributed by atoms with van der Waals surface area (Å²) in [6, 6.07) is 10.3. The average molecular weight is 291 g/mol. The molecule has 1 amide bonds. The third-order valence-electron chi connectivity index (χ3n) is 2.77. The molecule has 0 saturated carbocycles. The van der Waals surface area contributed by atoms with E-state index in [1.165, 1.54) is 7.11 Å². The summed E-state index contributed by atoms with van der Waals surface area (Å²) in [5.41, 5.74) is 8.33. The van der Waals surface area contributed by atoms with Gasteiger partial charge in [-0.05, 0) is 48.9 Å². The van der Waals surface area contributed by atoms with Gasteiger partial charge in [0.15, 0.2) is 0 Å². The third-order valence-corrected chi connectivity index (χ3v) is 3.07. The molecule has 0 aliphatic rings. The highest BCUT2D eigenvalue weighted by Gasteiger charge is 2.09. The first-order valence-corrected chi connectivity index (χ1v) is 6.39. The SMILES string of the molecule is COc1ccc(NC(=O)c2cc(C)cc(N)c2)cc1Cl. The lowest BCUT2D eigenvalue weighted by Crippen LogP contribution is -2.12. The zero-order valence-corrected chi connectivity index (χ0v) is 12.0. The Labute approximate surface area is 122 Å². The van der Waals surface area contributed by atoms with E-state index in [9.17, 15) is 4.79 Å². The Balaban J connectivity index is 2.21. The summed E-state index contributed by atoms with van der Waals surface area (Å²) in [6.45, 7) is 1.89. The van der Waals surface area contributed by atoms with Gasteiger partial charge in [0.05, 0.1) is 12.1 Å². The van der Waals surface area contributed by atoms with Crippen molar-refractivity contribution in [1.29, 1.82) is 0 Å². The Morgan fingerprint density at radius 3 is 2.60 bits per heavy atom. The lowest BCUT2D eigenvalue weighted by Gasteiger charge is -2.09. The molecule has 104 valence electrons. The highest BCUT2D eigenvalue weighted by molar-refractivity contribution is 6.32. The summed E-state index contributed by atoms with van der Waals surface area (Å²) in [4.78, 5) is 12.1. The van der Waals surface area contributed by atoms with Crippen LogP contribution in [0.5, 0.6) is 5.75 Å². The number of hydrogen-bond donors (Lipinski definition) is 2. The van der Waals surface area contributed by atoms with Gasteiger partial charge in [-0.15, -0.1) is 0 Å². The molecule has 20 heavy (non-hydrogen) atoms. The fourth-order valence-electron chi connectivity index (χ4n) is 1.89. The summed E-state index contributed by atoms with van der Waals surface area (Å²) >= 11 is 6.01. The van der Waals surface area contributed by atoms with Gasteiger partial charge in [0, 0.05) is 16.9 Å². The quantitative estimate of drug-likeness (QED) is 0.851. The number of nitrogens with one attached hydrogen (secondary N) is 1. The number of benzene rings is 2. The standard InChI is InChI=1S/C15H15ClN2O2/c1-9-5-10(7-11(17)6-9)15(19)18-12-3-4-14(20-2)13(16)8-12/h3-8H,17H2,1-2H3,(H,18,19). The normalized spacial score (nSPS) is 10.2. The van der Waals surface area contributed by atoms with Gasteiger partial charge in [-0.1, -0.05) is 11.6 Å². The highest BCUT2D eigenvalue weighted by atomic mass is 35.5. The molecular weight excluding hydrogens is 276 g/mol. The second kappa shape index (κ2) is 5.84. The first-order valence-electron chi connectivity index (χ1n) is 6.01. The van der Waals surface area contributed by atoms with Gasteiger partial charge >= 0.3 is 0 Å². The smallest absolute Gasteiger partial charge is 0.255 e. The maximum absolute atomic E-state index is 12.1. The molecule has 0 unspecified atom stereocenters. The number of nitrogens with two attached hydrogens (primary N) is 1. The zero-order chi connectivity index (χ0) is 14.7. The van der Waals surface area contributed by atoms with Gasteiger partial charge in [-0.3, -0.25) is 4.79 Å². The van der Waals surface area contributed by atoms with Crippen LogP contribution in [0.4, 0.5) is 11.4 Å². The number of amides is 1. The van der Waals surface area contributed by atoms with Crippen molar-refractivity contribution >= 4 is 28.9 Å². The monoisotopic (exact) mass is 290 g/mol. The number of nitrogen functional groups attached to an aromatic ring is 1. The van der Waals surface area contributed by atoms with Crippen molar-refractivity contribution in [2.24, 2.45) is 0 Å². The molecule has 2 rings (SSSR count).